The first kappa shape index (κ1) is 27.6. The molecule has 0 fully saturated rings. The van der Waals surface area contributed by atoms with Crippen molar-refractivity contribution in [3.05, 3.63) is 41.5 Å². The van der Waals surface area contributed by atoms with E-state index >= 15 is 0 Å². The van der Waals surface area contributed by atoms with E-state index in [1.54, 1.807) is 20.5 Å². The first-order chi connectivity index (χ1) is 14.2. The van der Waals surface area contributed by atoms with Crippen LogP contribution < -0.4 is 20.5 Å². The van der Waals surface area contributed by atoms with Gasteiger partial charge in [0.15, 0.2) is 11.5 Å². The fraction of sp³-hybridized carbons (Fsp3) is 0.609. The van der Waals surface area contributed by atoms with Crippen LogP contribution >= 0.6 is 24.8 Å². The number of unbranched alkanes of at least 4 members (excludes halogenated alkanes) is 3. The summed E-state index contributed by atoms with van der Waals surface area (Å²) in [5.41, 5.74) is 10.3. The van der Waals surface area contributed by atoms with Gasteiger partial charge in [0.25, 0.3) is 0 Å². The lowest BCUT2D eigenvalue weighted by atomic mass is 9.76. The van der Waals surface area contributed by atoms with E-state index in [4.69, 9.17) is 15.2 Å². The first-order valence-corrected chi connectivity index (χ1v) is 10.9. The van der Waals surface area contributed by atoms with Crippen LogP contribution in [-0.2, 0) is 12.8 Å². The van der Waals surface area contributed by atoms with E-state index in [-0.39, 0.29) is 30.9 Å². The molecule has 0 saturated heterocycles. The Hall–Kier alpha value is -1.47. The Morgan fingerprint density at radius 1 is 1.10 bits per heavy atom. The van der Waals surface area contributed by atoms with Crippen molar-refractivity contribution in [2.45, 2.75) is 63.3 Å². The second-order valence-corrected chi connectivity index (χ2v) is 7.94. The van der Waals surface area contributed by atoms with Gasteiger partial charge in [-0.2, -0.15) is 0 Å². The van der Waals surface area contributed by atoms with Gasteiger partial charge in [-0.15, -0.1) is 24.8 Å². The molecule has 0 bridgehead atoms. The Morgan fingerprint density at radius 2 is 1.90 bits per heavy atom. The van der Waals surface area contributed by atoms with Crippen molar-refractivity contribution in [2.24, 2.45) is 5.73 Å². The maximum atomic E-state index is 6.50. The van der Waals surface area contributed by atoms with Gasteiger partial charge in [-0.1, -0.05) is 25.3 Å². The molecule has 8 heteroatoms. The minimum atomic E-state index is 0. The van der Waals surface area contributed by atoms with Crippen LogP contribution in [0.25, 0.3) is 0 Å². The van der Waals surface area contributed by atoms with E-state index in [2.05, 4.69) is 21.4 Å². The standard InChI is InChI=1S/C23H36N4O2.2ClH/c1-28-22-11-9-18-19(21(24)10-8-20(18)23(22)29-2)7-5-3-4-6-13-25-14-12-17-15-26-16-27-17;;/h9,11,15-16,19,21,25H,3-8,10,12-14,24H2,1-2H3,(H,26,27);2*1H. The number of halogens is 2. The molecule has 0 amide bonds. The number of H-pyrrole nitrogens is 1. The number of benzene rings is 1. The lowest BCUT2D eigenvalue weighted by Gasteiger charge is -2.32. The van der Waals surface area contributed by atoms with Crippen molar-refractivity contribution in [3.8, 4) is 11.5 Å². The van der Waals surface area contributed by atoms with E-state index < -0.39 is 0 Å². The second kappa shape index (κ2) is 14.6. The molecule has 0 radical (unpaired) electrons. The maximum Gasteiger partial charge on any atom is 0.164 e. The van der Waals surface area contributed by atoms with E-state index in [1.165, 1.54) is 36.8 Å². The molecule has 31 heavy (non-hydrogen) atoms. The largest absolute Gasteiger partial charge is 0.493 e. The van der Waals surface area contributed by atoms with Gasteiger partial charge >= 0.3 is 0 Å². The number of nitrogens with zero attached hydrogens (tertiary/aromatic N) is 1. The average Bonchev–Trinajstić information content (AvgIpc) is 3.26. The van der Waals surface area contributed by atoms with Crippen molar-refractivity contribution in [1.29, 1.82) is 0 Å². The number of rotatable bonds is 12. The molecule has 3 rings (SSSR count). The summed E-state index contributed by atoms with van der Waals surface area (Å²) in [7, 11) is 3.42. The summed E-state index contributed by atoms with van der Waals surface area (Å²) >= 11 is 0. The number of fused-ring (bicyclic) bond motifs is 1. The number of methoxy groups -OCH3 is 2. The number of hydrogen-bond donors (Lipinski definition) is 3. The smallest absolute Gasteiger partial charge is 0.164 e. The van der Waals surface area contributed by atoms with Crippen LogP contribution in [0.4, 0.5) is 0 Å². The van der Waals surface area contributed by atoms with Gasteiger partial charge in [0, 0.05) is 30.8 Å². The molecule has 6 nitrogen and oxygen atoms in total. The summed E-state index contributed by atoms with van der Waals surface area (Å²) in [6, 6.07) is 4.46. The minimum Gasteiger partial charge on any atom is -0.493 e. The van der Waals surface area contributed by atoms with Crippen LogP contribution in [-0.4, -0.2) is 43.3 Å². The van der Waals surface area contributed by atoms with Gasteiger partial charge in [-0.25, -0.2) is 4.98 Å². The quantitative estimate of drug-likeness (QED) is 0.398. The fourth-order valence-corrected chi connectivity index (χ4v) is 4.46. The summed E-state index contributed by atoms with van der Waals surface area (Å²) in [6.07, 6.45) is 12.8. The third-order valence-corrected chi connectivity index (χ3v) is 6.06. The Balaban J connectivity index is 0.00000240. The molecule has 0 aliphatic heterocycles. The van der Waals surface area contributed by atoms with Crippen molar-refractivity contribution in [1.82, 2.24) is 15.3 Å². The third kappa shape index (κ3) is 7.56. The molecule has 1 aliphatic carbocycles. The molecular formula is C23H38Cl2N4O2. The van der Waals surface area contributed by atoms with Gasteiger partial charge in [0.2, 0.25) is 0 Å². The molecule has 0 saturated carbocycles. The van der Waals surface area contributed by atoms with Gasteiger partial charge in [0.05, 0.1) is 26.2 Å². The molecule has 176 valence electrons. The summed E-state index contributed by atoms with van der Waals surface area (Å²) < 4.78 is 11.1. The molecule has 2 aromatic rings. The highest BCUT2D eigenvalue weighted by molar-refractivity contribution is 5.85. The number of imidazole rings is 1. The second-order valence-electron chi connectivity index (χ2n) is 7.94. The Morgan fingerprint density at radius 3 is 2.61 bits per heavy atom. The lowest BCUT2D eigenvalue weighted by Crippen LogP contribution is -2.33. The van der Waals surface area contributed by atoms with Crippen molar-refractivity contribution in [2.75, 3.05) is 27.3 Å². The number of nitrogens with one attached hydrogen (secondary N) is 2. The molecule has 1 aromatic heterocycles. The lowest BCUT2D eigenvalue weighted by molar-refractivity contribution is 0.343. The Kier molecular flexibility index (Phi) is 13.0. The van der Waals surface area contributed by atoms with Crippen molar-refractivity contribution >= 4 is 24.8 Å². The zero-order chi connectivity index (χ0) is 20.5. The molecular weight excluding hydrogens is 435 g/mol. The number of ether oxygens (including phenoxy) is 2. The van der Waals surface area contributed by atoms with Crippen LogP contribution in [0.1, 0.15) is 61.3 Å². The molecule has 1 heterocycles. The number of nitrogens with two attached hydrogens (primary N) is 1. The van der Waals surface area contributed by atoms with Crippen LogP contribution in [0.2, 0.25) is 0 Å². The van der Waals surface area contributed by atoms with Crippen LogP contribution in [0.15, 0.2) is 24.7 Å². The highest BCUT2D eigenvalue weighted by Gasteiger charge is 2.29. The monoisotopic (exact) mass is 472 g/mol. The van der Waals surface area contributed by atoms with Crippen LogP contribution in [0.3, 0.4) is 0 Å². The van der Waals surface area contributed by atoms with Crippen LogP contribution in [0.5, 0.6) is 11.5 Å². The topological polar surface area (TPSA) is 85.2 Å². The summed E-state index contributed by atoms with van der Waals surface area (Å²) in [6.45, 7) is 2.07. The molecule has 1 aliphatic rings. The molecule has 2 atom stereocenters. The van der Waals surface area contributed by atoms with Gasteiger partial charge in [0.1, 0.15) is 0 Å². The predicted molar refractivity (Wildman–Crippen MR) is 131 cm³/mol. The Labute approximate surface area is 198 Å². The van der Waals surface area contributed by atoms with E-state index in [1.807, 2.05) is 12.3 Å². The highest BCUT2D eigenvalue weighted by Crippen LogP contribution is 2.43. The van der Waals surface area contributed by atoms with Gasteiger partial charge in [-0.05, 0) is 49.8 Å². The molecule has 0 spiro atoms. The summed E-state index contributed by atoms with van der Waals surface area (Å²) in [5.74, 6) is 2.13. The van der Waals surface area contributed by atoms with E-state index in [0.29, 0.717) is 5.92 Å². The van der Waals surface area contributed by atoms with Crippen LogP contribution in [0, 0.1) is 0 Å². The SMILES string of the molecule is COc1ccc2c(c1OC)CCC(N)C2CCCCCCNCCc1c[nH]cn1.Cl.Cl. The highest BCUT2D eigenvalue weighted by atomic mass is 35.5. The van der Waals surface area contributed by atoms with Crippen molar-refractivity contribution < 1.29 is 9.47 Å². The normalized spacial score (nSPS) is 17.3. The zero-order valence-electron chi connectivity index (χ0n) is 18.7. The van der Waals surface area contributed by atoms with Gasteiger partial charge in [-0.3, -0.25) is 0 Å². The number of aromatic amines is 1. The first-order valence-electron chi connectivity index (χ1n) is 10.9. The summed E-state index contributed by atoms with van der Waals surface area (Å²) in [5, 5.41) is 3.51. The molecule has 1 aromatic carbocycles. The number of aromatic nitrogens is 2. The van der Waals surface area contributed by atoms with Crippen molar-refractivity contribution in [3.63, 3.8) is 0 Å². The van der Waals surface area contributed by atoms with E-state index in [0.717, 1.165) is 56.0 Å². The number of hydrogen-bond acceptors (Lipinski definition) is 5. The minimum absolute atomic E-state index is 0. The average molecular weight is 473 g/mol. The third-order valence-electron chi connectivity index (χ3n) is 6.06. The maximum absolute atomic E-state index is 6.50. The predicted octanol–water partition coefficient (Wildman–Crippen LogP) is 4.41. The van der Waals surface area contributed by atoms with Gasteiger partial charge < -0.3 is 25.5 Å². The Bertz CT molecular complexity index is 743. The van der Waals surface area contributed by atoms with E-state index in [9.17, 15) is 0 Å². The fourth-order valence-electron chi connectivity index (χ4n) is 4.46. The molecule has 4 N–H and O–H groups in total. The zero-order valence-corrected chi connectivity index (χ0v) is 20.3. The summed E-state index contributed by atoms with van der Waals surface area (Å²) in [4.78, 5) is 7.23. The molecule has 2 unspecified atom stereocenters.